The molecule has 0 radical (unpaired) electrons. The van der Waals surface area contributed by atoms with Gasteiger partial charge in [0.1, 0.15) is 6.04 Å². The number of nitrogens with one attached hydrogen (secondary N) is 1. The van der Waals surface area contributed by atoms with Gasteiger partial charge in [0.05, 0.1) is 5.92 Å². The summed E-state index contributed by atoms with van der Waals surface area (Å²) in [6.07, 6.45) is 2.80. The highest BCUT2D eigenvalue weighted by atomic mass is 16.4. The second-order valence-corrected chi connectivity index (χ2v) is 8.16. The van der Waals surface area contributed by atoms with Crippen LogP contribution in [0.2, 0.25) is 0 Å². The third kappa shape index (κ3) is 3.30. The van der Waals surface area contributed by atoms with Crippen molar-refractivity contribution in [3.8, 4) is 0 Å². The molecule has 2 atom stereocenters. The van der Waals surface area contributed by atoms with Gasteiger partial charge in [-0.15, -0.1) is 0 Å². The first-order valence-corrected chi connectivity index (χ1v) is 9.54. The summed E-state index contributed by atoms with van der Waals surface area (Å²) in [5, 5.41) is 12.9. The summed E-state index contributed by atoms with van der Waals surface area (Å²) in [6.45, 7) is 5.70. The Balaban J connectivity index is 1.39. The van der Waals surface area contributed by atoms with Gasteiger partial charge in [-0.2, -0.15) is 0 Å². The average Bonchev–Trinajstić information content (AvgIpc) is 3.40. The lowest BCUT2D eigenvalue weighted by molar-refractivity contribution is -0.150. The standard InChI is InChI=1S/C20H27N3O3/c1-14-3-2-4-15(11-14)22-7-9-23(10-8-22)18(24)17-16(19(25)26)12-20(5-6-20)13-21-17/h2-4,11,16-17,21H,5-10,12-13H2,1H3,(H,25,26). The summed E-state index contributed by atoms with van der Waals surface area (Å²) >= 11 is 0. The van der Waals surface area contributed by atoms with Crippen LogP contribution in [0.5, 0.6) is 0 Å². The first kappa shape index (κ1) is 17.3. The number of hydrogen-bond donors (Lipinski definition) is 2. The zero-order valence-corrected chi connectivity index (χ0v) is 15.3. The summed E-state index contributed by atoms with van der Waals surface area (Å²) in [6, 6.07) is 7.82. The number of hydrogen-bond acceptors (Lipinski definition) is 4. The number of rotatable bonds is 3. The molecule has 140 valence electrons. The van der Waals surface area contributed by atoms with E-state index in [0.29, 0.717) is 19.5 Å². The van der Waals surface area contributed by atoms with Crippen LogP contribution in [-0.2, 0) is 9.59 Å². The fraction of sp³-hybridized carbons (Fsp3) is 0.600. The molecule has 0 aromatic heterocycles. The molecule has 2 heterocycles. The summed E-state index contributed by atoms with van der Waals surface area (Å²) < 4.78 is 0. The molecule has 1 aliphatic carbocycles. The second-order valence-electron chi connectivity index (χ2n) is 8.16. The lowest BCUT2D eigenvalue weighted by Crippen LogP contribution is -2.60. The second kappa shape index (κ2) is 6.58. The van der Waals surface area contributed by atoms with Gasteiger partial charge in [-0.1, -0.05) is 12.1 Å². The zero-order chi connectivity index (χ0) is 18.3. The van der Waals surface area contributed by atoms with Crippen molar-refractivity contribution in [2.75, 3.05) is 37.6 Å². The number of carboxylic acid groups (broad SMARTS) is 1. The molecule has 6 heteroatoms. The Morgan fingerprint density at radius 1 is 1.19 bits per heavy atom. The van der Waals surface area contributed by atoms with E-state index in [9.17, 15) is 14.7 Å². The van der Waals surface area contributed by atoms with E-state index in [1.54, 1.807) is 0 Å². The Morgan fingerprint density at radius 3 is 2.54 bits per heavy atom. The van der Waals surface area contributed by atoms with Crippen LogP contribution < -0.4 is 10.2 Å². The molecule has 26 heavy (non-hydrogen) atoms. The molecule has 1 aromatic carbocycles. The van der Waals surface area contributed by atoms with Crippen molar-refractivity contribution in [3.63, 3.8) is 0 Å². The Kier molecular flexibility index (Phi) is 4.39. The van der Waals surface area contributed by atoms with Gasteiger partial charge >= 0.3 is 5.97 Å². The number of aliphatic carboxylic acids is 1. The normalized spacial score (nSPS) is 27.4. The van der Waals surface area contributed by atoms with Crippen LogP contribution in [0.4, 0.5) is 5.69 Å². The molecule has 4 rings (SSSR count). The highest BCUT2D eigenvalue weighted by Gasteiger charge is 2.52. The van der Waals surface area contributed by atoms with E-state index >= 15 is 0 Å². The van der Waals surface area contributed by atoms with E-state index < -0.39 is 17.9 Å². The van der Waals surface area contributed by atoms with Crippen LogP contribution in [0.1, 0.15) is 24.8 Å². The third-order valence-electron chi connectivity index (χ3n) is 6.25. The molecule has 2 N–H and O–H groups in total. The Hall–Kier alpha value is -2.08. The molecule has 2 aliphatic heterocycles. The van der Waals surface area contributed by atoms with Crippen LogP contribution in [0.15, 0.2) is 24.3 Å². The summed E-state index contributed by atoms with van der Waals surface area (Å²) in [4.78, 5) is 28.8. The van der Waals surface area contributed by atoms with E-state index in [0.717, 1.165) is 32.5 Å². The van der Waals surface area contributed by atoms with Crippen molar-refractivity contribution < 1.29 is 14.7 Å². The predicted octanol–water partition coefficient (Wildman–Crippen LogP) is 1.49. The smallest absolute Gasteiger partial charge is 0.308 e. The molecular weight excluding hydrogens is 330 g/mol. The van der Waals surface area contributed by atoms with Crippen LogP contribution in [0.3, 0.4) is 0 Å². The maximum absolute atomic E-state index is 13.0. The molecule has 0 bridgehead atoms. The van der Waals surface area contributed by atoms with Crippen LogP contribution >= 0.6 is 0 Å². The topological polar surface area (TPSA) is 72.9 Å². The largest absolute Gasteiger partial charge is 0.481 e. The molecule has 1 spiro atoms. The Morgan fingerprint density at radius 2 is 1.92 bits per heavy atom. The molecule has 1 saturated carbocycles. The fourth-order valence-corrected chi connectivity index (χ4v) is 4.38. The van der Waals surface area contributed by atoms with Gasteiger partial charge in [0.15, 0.2) is 0 Å². The van der Waals surface area contributed by atoms with Gasteiger partial charge in [-0.3, -0.25) is 9.59 Å². The zero-order valence-electron chi connectivity index (χ0n) is 15.3. The van der Waals surface area contributed by atoms with Crippen molar-refractivity contribution in [2.45, 2.75) is 32.2 Å². The number of carbonyl (C=O) groups excluding carboxylic acids is 1. The number of carboxylic acids is 1. The minimum atomic E-state index is -0.847. The number of nitrogens with zero attached hydrogens (tertiary/aromatic N) is 2. The lowest BCUT2D eigenvalue weighted by atomic mass is 9.82. The highest BCUT2D eigenvalue weighted by molar-refractivity contribution is 5.88. The Labute approximate surface area is 154 Å². The van der Waals surface area contributed by atoms with Crippen LogP contribution in [-0.4, -0.2) is 60.6 Å². The summed E-state index contributed by atoms with van der Waals surface area (Å²) in [5.41, 5.74) is 2.56. The van der Waals surface area contributed by atoms with E-state index in [1.807, 2.05) is 4.90 Å². The first-order chi connectivity index (χ1) is 12.5. The van der Waals surface area contributed by atoms with Crippen LogP contribution in [0, 0.1) is 18.3 Å². The number of amides is 1. The molecule has 2 saturated heterocycles. The van der Waals surface area contributed by atoms with Crippen molar-refractivity contribution in [1.82, 2.24) is 10.2 Å². The molecule has 2 unspecified atom stereocenters. The number of carbonyl (C=O) groups is 2. The highest BCUT2D eigenvalue weighted by Crippen LogP contribution is 2.52. The van der Waals surface area contributed by atoms with Gasteiger partial charge < -0.3 is 20.2 Å². The van der Waals surface area contributed by atoms with Gasteiger partial charge in [-0.25, -0.2) is 0 Å². The molecule has 6 nitrogen and oxygen atoms in total. The van der Waals surface area contributed by atoms with Crippen LogP contribution in [0.25, 0.3) is 0 Å². The fourth-order valence-electron chi connectivity index (χ4n) is 4.38. The minimum absolute atomic E-state index is 0.0446. The molecule has 3 fully saturated rings. The van der Waals surface area contributed by atoms with Gasteiger partial charge in [0.2, 0.25) is 5.91 Å². The quantitative estimate of drug-likeness (QED) is 0.857. The summed E-state index contributed by atoms with van der Waals surface area (Å²) in [5.74, 6) is -1.49. The molecule has 3 aliphatic rings. The van der Waals surface area contributed by atoms with Gasteiger partial charge in [0, 0.05) is 38.4 Å². The van der Waals surface area contributed by atoms with Crippen molar-refractivity contribution in [3.05, 3.63) is 29.8 Å². The number of piperazine rings is 1. The van der Waals surface area contributed by atoms with Crippen molar-refractivity contribution in [1.29, 1.82) is 0 Å². The van der Waals surface area contributed by atoms with E-state index in [2.05, 4.69) is 41.4 Å². The molecule has 1 aromatic rings. The Bertz CT molecular complexity index is 708. The van der Waals surface area contributed by atoms with Crippen molar-refractivity contribution in [2.24, 2.45) is 11.3 Å². The van der Waals surface area contributed by atoms with Crippen molar-refractivity contribution >= 4 is 17.6 Å². The summed E-state index contributed by atoms with van der Waals surface area (Å²) in [7, 11) is 0. The maximum Gasteiger partial charge on any atom is 0.308 e. The third-order valence-corrected chi connectivity index (χ3v) is 6.25. The SMILES string of the molecule is Cc1cccc(N2CCN(C(=O)C3NCC4(CC4)CC3C(=O)O)CC2)c1. The minimum Gasteiger partial charge on any atom is -0.481 e. The molecular formula is C20H27N3O3. The maximum atomic E-state index is 13.0. The number of aryl methyl sites for hydroxylation is 1. The first-order valence-electron chi connectivity index (χ1n) is 9.54. The average molecular weight is 357 g/mol. The lowest BCUT2D eigenvalue weighted by Gasteiger charge is -2.41. The van der Waals surface area contributed by atoms with E-state index in [4.69, 9.17) is 0 Å². The van der Waals surface area contributed by atoms with Gasteiger partial charge in [0.25, 0.3) is 0 Å². The van der Waals surface area contributed by atoms with E-state index in [-0.39, 0.29) is 11.3 Å². The predicted molar refractivity (Wildman–Crippen MR) is 99.2 cm³/mol. The number of piperidine rings is 1. The number of anilines is 1. The monoisotopic (exact) mass is 357 g/mol. The number of benzene rings is 1. The van der Waals surface area contributed by atoms with Gasteiger partial charge in [-0.05, 0) is 49.3 Å². The molecule has 1 amide bonds. The van der Waals surface area contributed by atoms with E-state index in [1.165, 1.54) is 11.3 Å².